The van der Waals surface area contributed by atoms with E-state index in [9.17, 15) is 4.79 Å². The number of aromatic amines is 1. The maximum absolute atomic E-state index is 11.8. The highest BCUT2D eigenvalue weighted by Gasteiger charge is 2.06. The number of amides is 1. The van der Waals surface area contributed by atoms with E-state index in [2.05, 4.69) is 15.3 Å². The topological polar surface area (TPSA) is 83.8 Å². The molecule has 0 fully saturated rings. The lowest BCUT2D eigenvalue weighted by Gasteiger charge is -2.04. The second-order valence-electron chi connectivity index (χ2n) is 3.70. The van der Waals surface area contributed by atoms with Gasteiger partial charge < -0.3 is 16.0 Å². The van der Waals surface area contributed by atoms with Crippen LogP contribution in [-0.4, -0.2) is 20.9 Å². The number of carbonyl (C=O) groups excluding carboxylic acids is 1. The summed E-state index contributed by atoms with van der Waals surface area (Å²) in [6, 6.07) is 6.84. The first-order valence-electron chi connectivity index (χ1n) is 5.32. The van der Waals surface area contributed by atoms with Crippen molar-refractivity contribution in [2.45, 2.75) is 6.54 Å². The first-order chi connectivity index (χ1) is 8.66. The highest BCUT2D eigenvalue weighted by molar-refractivity contribution is 7.80. The van der Waals surface area contributed by atoms with Crippen LogP contribution in [0.15, 0.2) is 36.8 Å². The fourth-order valence-corrected chi connectivity index (χ4v) is 1.58. The number of carbonyl (C=O) groups is 1. The SMILES string of the molecule is NC(=S)c1ccc(C(=O)NCc2cnc[nH]2)cc1. The molecule has 0 saturated carbocycles. The van der Waals surface area contributed by atoms with Crippen LogP contribution in [0.1, 0.15) is 21.6 Å². The maximum Gasteiger partial charge on any atom is 0.251 e. The zero-order chi connectivity index (χ0) is 13.0. The Morgan fingerprint density at radius 1 is 1.33 bits per heavy atom. The molecule has 0 bridgehead atoms. The largest absolute Gasteiger partial charge is 0.389 e. The van der Waals surface area contributed by atoms with Gasteiger partial charge in [-0.25, -0.2) is 4.98 Å². The Kier molecular flexibility index (Phi) is 3.69. The molecule has 1 heterocycles. The molecule has 2 rings (SSSR count). The fraction of sp³-hybridized carbons (Fsp3) is 0.0833. The third kappa shape index (κ3) is 2.92. The summed E-state index contributed by atoms with van der Waals surface area (Å²) in [5, 5.41) is 2.78. The van der Waals surface area contributed by atoms with Gasteiger partial charge in [-0.1, -0.05) is 24.4 Å². The minimum Gasteiger partial charge on any atom is -0.389 e. The van der Waals surface area contributed by atoms with Gasteiger partial charge in [-0.2, -0.15) is 0 Å². The number of hydrogen-bond acceptors (Lipinski definition) is 3. The molecular weight excluding hydrogens is 248 g/mol. The number of rotatable bonds is 4. The molecule has 92 valence electrons. The number of benzene rings is 1. The Labute approximate surface area is 109 Å². The molecule has 2 aromatic rings. The molecule has 0 unspecified atom stereocenters. The van der Waals surface area contributed by atoms with Crippen LogP contribution in [0.3, 0.4) is 0 Å². The van der Waals surface area contributed by atoms with E-state index < -0.39 is 0 Å². The Bertz CT molecular complexity index is 548. The molecule has 0 saturated heterocycles. The summed E-state index contributed by atoms with van der Waals surface area (Å²) in [5.74, 6) is -0.154. The average Bonchev–Trinajstić information content (AvgIpc) is 2.89. The van der Waals surface area contributed by atoms with E-state index in [0.29, 0.717) is 17.1 Å². The molecule has 0 spiro atoms. The second kappa shape index (κ2) is 5.42. The molecule has 6 heteroatoms. The molecule has 4 N–H and O–H groups in total. The van der Waals surface area contributed by atoms with E-state index >= 15 is 0 Å². The lowest BCUT2D eigenvalue weighted by molar-refractivity contribution is 0.0950. The molecule has 0 aliphatic carbocycles. The third-order valence-electron chi connectivity index (χ3n) is 2.43. The van der Waals surface area contributed by atoms with Gasteiger partial charge in [0, 0.05) is 17.3 Å². The highest BCUT2D eigenvalue weighted by atomic mass is 32.1. The Hall–Kier alpha value is -2.21. The predicted molar refractivity (Wildman–Crippen MR) is 72.1 cm³/mol. The van der Waals surface area contributed by atoms with E-state index in [0.717, 1.165) is 11.3 Å². The van der Waals surface area contributed by atoms with Gasteiger partial charge in [0.15, 0.2) is 0 Å². The van der Waals surface area contributed by atoms with Crippen molar-refractivity contribution in [3.8, 4) is 0 Å². The Balaban J connectivity index is 1.98. The Morgan fingerprint density at radius 2 is 2.00 bits per heavy atom. The second-order valence-corrected chi connectivity index (χ2v) is 4.14. The average molecular weight is 260 g/mol. The number of hydrogen-bond donors (Lipinski definition) is 3. The smallest absolute Gasteiger partial charge is 0.251 e. The summed E-state index contributed by atoms with van der Waals surface area (Å²) in [6.07, 6.45) is 3.23. The van der Waals surface area contributed by atoms with Gasteiger partial charge in [-0.3, -0.25) is 4.79 Å². The van der Waals surface area contributed by atoms with Gasteiger partial charge in [0.05, 0.1) is 18.6 Å². The molecular formula is C12H12N4OS. The number of nitrogens with one attached hydrogen (secondary N) is 2. The molecule has 5 nitrogen and oxygen atoms in total. The van der Waals surface area contributed by atoms with E-state index in [4.69, 9.17) is 18.0 Å². The van der Waals surface area contributed by atoms with Gasteiger partial charge in [0.2, 0.25) is 0 Å². The number of thiocarbonyl (C=S) groups is 1. The monoisotopic (exact) mass is 260 g/mol. The van der Waals surface area contributed by atoms with Crippen molar-refractivity contribution in [3.63, 3.8) is 0 Å². The molecule has 0 atom stereocenters. The van der Waals surface area contributed by atoms with Crippen molar-refractivity contribution < 1.29 is 4.79 Å². The van der Waals surface area contributed by atoms with Crippen molar-refractivity contribution in [2.24, 2.45) is 5.73 Å². The zero-order valence-electron chi connectivity index (χ0n) is 9.51. The number of H-pyrrole nitrogens is 1. The van der Waals surface area contributed by atoms with Crippen molar-refractivity contribution >= 4 is 23.1 Å². The molecule has 1 aromatic carbocycles. The number of nitrogens with two attached hydrogens (primary N) is 1. The van der Waals surface area contributed by atoms with Crippen LogP contribution >= 0.6 is 12.2 Å². The quantitative estimate of drug-likeness (QED) is 0.715. The molecule has 1 amide bonds. The van der Waals surface area contributed by atoms with Crippen LogP contribution in [0, 0.1) is 0 Å². The maximum atomic E-state index is 11.8. The first-order valence-corrected chi connectivity index (χ1v) is 5.73. The standard InChI is InChI=1S/C12H12N4OS/c13-11(18)8-1-3-9(4-2-8)12(17)15-6-10-5-14-7-16-10/h1-5,7H,6H2,(H2,13,18)(H,14,16)(H,15,17). The number of aromatic nitrogens is 2. The van der Waals surface area contributed by atoms with Gasteiger partial charge in [0.1, 0.15) is 4.99 Å². The predicted octanol–water partition coefficient (Wildman–Crippen LogP) is 0.974. The fourth-order valence-electron chi connectivity index (χ4n) is 1.44. The summed E-state index contributed by atoms with van der Waals surface area (Å²) in [6.45, 7) is 0.413. The molecule has 0 radical (unpaired) electrons. The van der Waals surface area contributed by atoms with Gasteiger partial charge >= 0.3 is 0 Å². The summed E-state index contributed by atoms with van der Waals surface area (Å²) in [7, 11) is 0. The van der Waals surface area contributed by atoms with Crippen LogP contribution in [0.25, 0.3) is 0 Å². The van der Waals surface area contributed by atoms with Crippen LogP contribution in [0.5, 0.6) is 0 Å². The minimum absolute atomic E-state index is 0.154. The minimum atomic E-state index is -0.154. The number of nitrogens with zero attached hydrogens (tertiary/aromatic N) is 1. The Morgan fingerprint density at radius 3 is 2.56 bits per heavy atom. The van der Waals surface area contributed by atoms with Crippen molar-refractivity contribution in [1.82, 2.24) is 15.3 Å². The van der Waals surface area contributed by atoms with Gasteiger partial charge in [-0.05, 0) is 12.1 Å². The molecule has 1 aromatic heterocycles. The summed E-state index contributed by atoms with van der Waals surface area (Å²) >= 11 is 4.84. The van der Waals surface area contributed by atoms with Gasteiger partial charge in [0.25, 0.3) is 5.91 Å². The number of imidazole rings is 1. The van der Waals surface area contributed by atoms with Crippen molar-refractivity contribution in [2.75, 3.05) is 0 Å². The van der Waals surface area contributed by atoms with Crippen LogP contribution in [-0.2, 0) is 6.54 Å². The molecule has 0 aliphatic rings. The molecule has 18 heavy (non-hydrogen) atoms. The normalized spacial score (nSPS) is 10.0. The van der Waals surface area contributed by atoms with E-state index in [1.807, 2.05) is 0 Å². The van der Waals surface area contributed by atoms with E-state index in [1.165, 1.54) is 0 Å². The zero-order valence-corrected chi connectivity index (χ0v) is 10.3. The lowest BCUT2D eigenvalue weighted by Crippen LogP contribution is -2.23. The van der Waals surface area contributed by atoms with Crippen LogP contribution in [0.2, 0.25) is 0 Å². The summed E-state index contributed by atoms with van der Waals surface area (Å²) in [4.78, 5) is 18.9. The van der Waals surface area contributed by atoms with Crippen molar-refractivity contribution in [3.05, 3.63) is 53.6 Å². The molecule has 0 aliphatic heterocycles. The highest BCUT2D eigenvalue weighted by Crippen LogP contribution is 2.04. The van der Waals surface area contributed by atoms with Crippen LogP contribution in [0.4, 0.5) is 0 Å². The van der Waals surface area contributed by atoms with E-state index in [1.54, 1.807) is 36.8 Å². The first kappa shape index (κ1) is 12.3. The van der Waals surface area contributed by atoms with E-state index in [-0.39, 0.29) is 5.91 Å². The lowest BCUT2D eigenvalue weighted by atomic mass is 10.1. The summed E-state index contributed by atoms with van der Waals surface area (Å²) in [5.41, 5.74) is 7.64. The van der Waals surface area contributed by atoms with Crippen LogP contribution < -0.4 is 11.1 Å². The van der Waals surface area contributed by atoms with Crippen molar-refractivity contribution in [1.29, 1.82) is 0 Å². The van der Waals surface area contributed by atoms with Gasteiger partial charge in [-0.15, -0.1) is 0 Å². The third-order valence-corrected chi connectivity index (χ3v) is 2.66. The summed E-state index contributed by atoms with van der Waals surface area (Å²) < 4.78 is 0.